The Bertz CT molecular complexity index is 164. The third-order valence-corrected chi connectivity index (χ3v) is 2.72. The molecule has 1 saturated heterocycles. The van der Waals surface area contributed by atoms with Crippen molar-refractivity contribution >= 4 is 12.6 Å². The molecule has 0 aromatic heterocycles. The number of β-amino-alcohol motifs (C(OH)–C–C–N with tert-alkyl or cyclic N) is 1. The minimum atomic E-state index is -0.253. The fourth-order valence-corrected chi connectivity index (χ4v) is 1.90. The minimum Gasteiger partial charge on any atom is -0.390 e. The number of hydrogen-bond donors (Lipinski definition) is 3. The van der Waals surface area contributed by atoms with Crippen LogP contribution in [0.2, 0.25) is 0 Å². The molecule has 1 unspecified atom stereocenters. The second kappa shape index (κ2) is 4.64. The smallest absolute Gasteiger partial charge is 0.0832 e. The topological polar surface area (TPSA) is 35.5 Å². The number of likely N-dealkylation sites (tertiary alicyclic amines) is 1. The highest BCUT2D eigenvalue weighted by Gasteiger charge is 2.32. The van der Waals surface area contributed by atoms with E-state index >= 15 is 0 Å². The van der Waals surface area contributed by atoms with Crippen LogP contribution in [0, 0.1) is 0 Å². The van der Waals surface area contributed by atoms with Crippen molar-refractivity contribution in [2.45, 2.75) is 44.3 Å². The molecule has 0 aliphatic carbocycles. The van der Waals surface area contributed by atoms with E-state index in [0.29, 0.717) is 6.04 Å². The molecule has 13 heavy (non-hydrogen) atoms. The Kier molecular flexibility index (Phi) is 4.04. The lowest BCUT2D eigenvalue weighted by molar-refractivity contribution is 0.150. The summed E-state index contributed by atoms with van der Waals surface area (Å²) in [5.74, 6) is 0. The third kappa shape index (κ3) is 3.13. The maximum atomic E-state index is 9.72. The number of thiol groups is 1. The lowest BCUT2D eigenvalue weighted by Gasteiger charge is -2.20. The monoisotopic (exact) mass is 204 g/mol. The second-order valence-electron chi connectivity index (χ2n) is 4.08. The molecule has 0 saturated carbocycles. The van der Waals surface area contributed by atoms with Crippen LogP contribution in [0.4, 0.5) is 0 Å². The summed E-state index contributed by atoms with van der Waals surface area (Å²) in [5.41, 5.74) is 0. The summed E-state index contributed by atoms with van der Waals surface area (Å²) in [6.07, 6.45) is -0.253. The van der Waals surface area contributed by atoms with Gasteiger partial charge in [0.25, 0.3) is 0 Å². The molecule has 0 radical (unpaired) electrons. The van der Waals surface area contributed by atoms with Crippen molar-refractivity contribution in [1.29, 1.82) is 0 Å². The number of nitrogens with one attached hydrogen (secondary N) is 1. The predicted octanol–water partition coefficient (Wildman–Crippen LogP) is 0.305. The first-order valence-electron chi connectivity index (χ1n) is 4.87. The van der Waals surface area contributed by atoms with Gasteiger partial charge < -0.3 is 10.4 Å². The van der Waals surface area contributed by atoms with Crippen LogP contribution in [0.3, 0.4) is 0 Å². The van der Waals surface area contributed by atoms with Gasteiger partial charge in [-0.2, -0.15) is 12.6 Å². The van der Waals surface area contributed by atoms with Crippen molar-refractivity contribution < 1.29 is 5.11 Å². The van der Waals surface area contributed by atoms with Gasteiger partial charge in [-0.1, -0.05) is 13.8 Å². The van der Waals surface area contributed by atoms with Gasteiger partial charge >= 0.3 is 0 Å². The zero-order valence-electron chi connectivity index (χ0n) is 8.57. The van der Waals surface area contributed by atoms with Gasteiger partial charge in [0.2, 0.25) is 0 Å². The van der Waals surface area contributed by atoms with Crippen LogP contribution in [0.5, 0.6) is 0 Å². The van der Waals surface area contributed by atoms with Crippen molar-refractivity contribution in [3.63, 3.8) is 0 Å². The number of rotatable bonds is 3. The lowest BCUT2D eigenvalue weighted by Crippen LogP contribution is -2.43. The highest BCUT2D eigenvalue weighted by Crippen LogP contribution is 2.15. The first kappa shape index (κ1) is 11.3. The van der Waals surface area contributed by atoms with Crippen LogP contribution in [0.25, 0.3) is 0 Å². The van der Waals surface area contributed by atoms with Crippen molar-refractivity contribution in [3.8, 4) is 0 Å². The van der Waals surface area contributed by atoms with E-state index in [-0.39, 0.29) is 17.5 Å². The van der Waals surface area contributed by atoms with Gasteiger partial charge in [0.15, 0.2) is 0 Å². The number of nitrogens with zero attached hydrogens (tertiary/aromatic N) is 1. The number of hydrogen-bond acceptors (Lipinski definition) is 4. The van der Waals surface area contributed by atoms with Crippen molar-refractivity contribution in [2.75, 3.05) is 13.1 Å². The molecule has 1 fully saturated rings. The molecule has 78 valence electrons. The van der Waals surface area contributed by atoms with Gasteiger partial charge in [-0.15, -0.1) is 0 Å². The van der Waals surface area contributed by atoms with Crippen LogP contribution >= 0.6 is 12.6 Å². The van der Waals surface area contributed by atoms with Crippen LogP contribution in [0.1, 0.15) is 20.8 Å². The van der Waals surface area contributed by atoms with E-state index in [1.807, 2.05) is 6.92 Å². The maximum Gasteiger partial charge on any atom is 0.0832 e. The minimum absolute atomic E-state index is 0.203. The van der Waals surface area contributed by atoms with Crippen LogP contribution in [-0.4, -0.2) is 46.7 Å². The van der Waals surface area contributed by atoms with E-state index < -0.39 is 0 Å². The van der Waals surface area contributed by atoms with Gasteiger partial charge in [0.1, 0.15) is 0 Å². The predicted molar refractivity (Wildman–Crippen MR) is 58.1 cm³/mol. The Hall–Kier alpha value is 0.230. The van der Waals surface area contributed by atoms with Crippen molar-refractivity contribution in [2.24, 2.45) is 0 Å². The molecule has 0 aromatic carbocycles. The van der Waals surface area contributed by atoms with Gasteiger partial charge in [0, 0.05) is 25.2 Å². The maximum absolute atomic E-state index is 9.72. The molecule has 0 amide bonds. The van der Waals surface area contributed by atoms with E-state index in [2.05, 4.69) is 36.7 Å². The third-order valence-electron chi connectivity index (χ3n) is 2.39. The van der Waals surface area contributed by atoms with Gasteiger partial charge in [-0.3, -0.25) is 4.90 Å². The van der Waals surface area contributed by atoms with Crippen molar-refractivity contribution in [3.05, 3.63) is 0 Å². The van der Waals surface area contributed by atoms with E-state index in [9.17, 15) is 5.11 Å². The molecule has 0 aromatic rings. The molecule has 4 heteroatoms. The highest BCUT2D eigenvalue weighted by atomic mass is 32.1. The normalized spacial score (nSPS) is 32.8. The standard InChI is InChI=1S/C9H20N2OS/c1-6(2)10-8-4-11(7(3)13)5-9(8)12/h6-10,12-13H,4-5H2,1-3H3/t7?,8-,9-/m0/s1. The summed E-state index contributed by atoms with van der Waals surface area (Å²) in [6, 6.07) is 0.629. The molecule has 0 bridgehead atoms. The Morgan fingerprint density at radius 1 is 1.38 bits per heavy atom. The molecule has 1 heterocycles. The fraction of sp³-hybridized carbons (Fsp3) is 1.00. The Labute approximate surface area is 85.9 Å². The largest absolute Gasteiger partial charge is 0.390 e. The van der Waals surface area contributed by atoms with Crippen LogP contribution in [0.15, 0.2) is 0 Å². The van der Waals surface area contributed by atoms with Gasteiger partial charge in [-0.25, -0.2) is 0 Å². The number of aliphatic hydroxyl groups excluding tert-OH is 1. The average molecular weight is 204 g/mol. The molecule has 1 aliphatic rings. The van der Waals surface area contributed by atoms with Crippen LogP contribution in [-0.2, 0) is 0 Å². The first-order chi connectivity index (χ1) is 6.00. The molecular weight excluding hydrogens is 184 g/mol. The Morgan fingerprint density at radius 2 is 2.00 bits per heavy atom. The summed E-state index contributed by atoms with van der Waals surface area (Å²) in [6.45, 7) is 7.85. The second-order valence-corrected chi connectivity index (χ2v) is 4.83. The van der Waals surface area contributed by atoms with Gasteiger partial charge in [-0.05, 0) is 6.92 Å². The first-order valence-corrected chi connectivity index (χ1v) is 5.38. The fourth-order valence-electron chi connectivity index (χ4n) is 1.71. The molecule has 1 aliphatic heterocycles. The van der Waals surface area contributed by atoms with Gasteiger partial charge in [0.05, 0.1) is 11.5 Å². The molecule has 1 rings (SSSR count). The summed E-state index contributed by atoms with van der Waals surface area (Å²) in [5, 5.41) is 13.3. The summed E-state index contributed by atoms with van der Waals surface area (Å²) in [7, 11) is 0. The lowest BCUT2D eigenvalue weighted by atomic mass is 10.2. The molecule has 0 spiro atoms. The molecule has 3 atom stereocenters. The quantitative estimate of drug-likeness (QED) is 0.579. The van der Waals surface area contributed by atoms with E-state index in [0.717, 1.165) is 13.1 Å². The summed E-state index contributed by atoms with van der Waals surface area (Å²) >= 11 is 4.35. The summed E-state index contributed by atoms with van der Waals surface area (Å²) < 4.78 is 0. The van der Waals surface area contributed by atoms with Crippen LogP contribution < -0.4 is 5.32 Å². The van der Waals surface area contributed by atoms with E-state index in [1.165, 1.54) is 0 Å². The zero-order valence-corrected chi connectivity index (χ0v) is 9.46. The van der Waals surface area contributed by atoms with E-state index in [4.69, 9.17) is 0 Å². The molecular formula is C9H20N2OS. The molecule has 2 N–H and O–H groups in total. The Morgan fingerprint density at radius 3 is 2.38 bits per heavy atom. The number of aliphatic hydroxyl groups is 1. The zero-order chi connectivity index (χ0) is 10.0. The Balaban J connectivity index is 2.42. The van der Waals surface area contributed by atoms with E-state index in [1.54, 1.807) is 0 Å². The van der Waals surface area contributed by atoms with Crippen molar-refractivity contribution in [1.82, 2.24) is 10.2 Å². The highest BCUT2D eigenvalue weighted by molar-refractivity contribution is 7.80. The SMILES string of the molecule is CC(C)N[C@H]1CN(C(C)S)C[C@@H]1O. The molecule has 3 nitrogen and oxygen atoms in total. The summed E-state index contributed by atoms with van der Waals surface area (Å²) in [4.78, 5) is 2.17. The average Bonchev–Trinajstić information content (AvgIpc) is 2.31.